The molecule has 41 heavy (non-hydrogen) atoms. The minimum absolute atomic E-state index is 0.0451. The Labute approximate surface area is 241 Å². The van der Waals surface area contributed by atoms with Gasteiger partial charge in [0.05, 0.1) is 26.0 Å². The van der Waals surface area contributed by atoms with E-state index < -0.39 is 0 Å². The summed E-state index contributed by atoms with van der Waals surface area (Å²) in [6, 6.07) is 11.4. The van der Waals surface area contributed by atoms with Crippen molar-refractivity contribution in [3.05, 3.63) is 58.7 Å². The molecule has 2 aliphatic heterocycles. The number of likely N-dealkylation sites (tertiary alicyclic amines) is 1. The average Bonchev–Trinajstić information content (AvgIpc) is 2.95. The zero-order valence-electron chi connectivity index (χ0n) is 24.2. The molecular weight excluding hydrogens is 520 g/mol. The molecule has 2 aromatic carbocycles. The summed E-state index contributed by atoms with van der Waals surface area (Å²) in [5.41, 5.74) is 4.28. The number of amides is 1. The van der Waals surface area contributed by atoms with Crippen molar-refractivity contribution in [1.29, 1.82) is 5.41 Å². The summed E-state index contributed by atoms with van der Waals surface area (Å²) in [4.78, 5) is 31.8. The second-order valence-corrected chi connectivity index (χ2v) is 11.1. The van der Waals surface area contributed by atoms with Gasteiger partial charge in [-0.15, -0.1) is 0 Å². The molecule has 0 spiro atoms. The van der Waals surface area contributed by atoms with Gasteiger partial charge in [-0.2, -0.15) is 0 Å². The van der Waals surface area contributed by atoms with Crippen molar-refractivity contribution in [3.8, 4) is 11.5 Å². The standard InChI is InChI=1S/C32H40N4O5/c1-20(37)41-23-13-14-27-25(17-23)24-18-28(39-2)29(40-3)19-26(24)30(34-27)21-9-11-22(12-10-21)31(38)35-32(33)36-15-7-5-4-6-8-16-36/h9-12,18-19,23,25,27H,4-8,13-17H2,1-3H3,(H2,33,35,38). The van der Waals surface area contributed by atoms with E-state index in [0.717, 1.165) is 61.2 Å². The molecule has 2 fully saturated rings. The maximum Gasteiger partial charge on any atom is 0.302 e. The maximum absolute atomic E-state index is 13.0. The molecule has 9 heteroatoms. The SMILES string of the molecule is COc1cc2c(cc1OC)C1CC(OC(C)=O)CCC1N=C2c1ccc(C(=O)NC(=N)N2CCCCCCC2)cc1. The summed E-state index contributed by atoms with van der Waals surface area (Å²) in [7, 11) is 3.24. The van der Waals surface area contributed by atoms with Gasteiger partial charge >= 0.3 is 5.97 Å². The Hall–Kier alpha value is -3.88. The minimum Gasteiger partial charge on any atom is -0.493 e. The first-order valence-corrected chi connectivity index (χ1v) is 14.6. The Bertz CT molecular complexity index is 1310. The first-order chi connectivity index (χ1) is 19.9. The molecule has 1 aliphatic carbocycles. The zero-order valence-corrected chi connectivity index (χ0v) is 24.2. The minimum atomic E-state index is -0.287. The lowest BCUT2D eigenvalue weighted by molar-refractivity contribution is -0.148. The van der Waals surface area contributed by atoms with E-state index >= 15 is 0 Å². The lowest BCUT2D eigenvalue weighted by Gasteiger charge is -2.38. The maximum atomic E-state index is 13.0. The van der Waals surface area contributed by atoms with Gasteiger partial charge in [0.1, 0.15) is 6.10 Å². The van der Waals surface area contributed by atoms with Crippen LogP contribution < -0.4 is 14.8 Å². The van der Waals surface area contributed by atoms with Crippen LogP contribution in [0.15, 0.2) is 41.4 Å². The average molecular weight is 561 g/mol. The van der Waals surface area contributed by atoms with Crippen LogP contribution in [-0.4, -0.2) is 67.9 Å². The second-order valence-electron chi connectivity index (χ2n) is 11.1. The molecule has 1 saturated carbocycles. The molecule has 3 atom stereocenters. The van der Waals surface area contributed by atoms with Crippen LogP contribution in [0, 0.1) is 5.41 Å². The molecular formula is C32H40N4O5. The molecule has 218 valence electrons. The number of nitrogens with zero attached hydrogens (tertiary/aromatic N) is 2. The van der Waals surface area contributed by atoms with Gasteiger partial charge in [-0.3, -0.25) is 25.3 Å². The molecule has 9 nitrogen and oxygen atoms in total. The lowest BCUT2D eigenvalue weighted by Crippen LogP contribution is -2.44. The van der Waals surface area contributed by atoms with E-state index in [-0.39, 0.29) is 35.9 Å². The van der Waals surface area contributed by atoms with Crippen molar-refractivity contribution in [2.24, 2.45) is 4.99 Å². The van der Waals surface area contributed by atoms with Gasteiger partial charge < -0.3 is 19.1 Å². The highest BCUT2D eigenvalue weighted by Crippen LogP contribution is 2.45. The Morgan fingerprint density at radius 3 is 2.27 bits per heavy atom. The normalized spacial score (nSPS) is 22.2. The highest BCUT2D eigenvalue weighted by Gasteiger charge is 2.38. The van der Waals surface area contributed by atoms with Crippen molar-refractivity contribution >= 4 is 23.5 Å². The molecule has 1 saturated heterocycles. The van der Waals surface area contributed by atoms with Crippen molar-refractivity contribution in [2.75, 3.05) is 27.3 Å². The second kappa shape index (κ2) is 12.7. The Morgan fingerprint density at radius 2 is 1.61 bits per heavy atom. The molecule has 0 aromatic heterocycles. The number of hydrogen-bond donors (Lipinski definition) is 2. The fourth-order valence-electron chi connectivity index (χ4n) is 6.33. The summed E-state index contributed by atoms with van der Waals surface area (Å²) < 4.78 is 16.8. The Morgan fingerprint density at radius 1 is 0.951 bits per heavy atom. The lowest BCUT2D eigenvalue weighted by atomic mass is 9.74. The number of guanidine groups is 1. The van der Waals surface area contributed by atoms with Gasteiger partial charge in [-0.05, 0) is 61.9 Å². The molecule has 5 rings (SSSR count). The summed E-state index contributed by atoms with van der Waals surface area (Å²) in [5.74, 6) is 0.972. The monoisotopic (exact) mass is 560 g/mol. The number of hydrogen-bond acceptors (Lipinski definition) is 7. The van der Waals surface area contributed by atoms with E-state index in [2.05, 4.69) is 5.32 Å². The number of benzene rings is 2. The third-order valence-corrected chi connectivity index (χ3v) is 8.43. The molecule has 2 aromatic rings. The van der Waals surface area contributed by atoms with Crippen LogP contribution in [0.3, 0.4) is 0 Å². The van der Waals surface area contributed by atoms with Gasteiger partial charge in [-0.25, -0.2) is 0 Å². The Balaban J connectivity index is 1.39. The predicted octanol–water partition coefficient (Wildman–Crippen LogP) is 5.05. The van der Waals surface area contributed by atoms with E-state index in [9.17, 15) is 9.59 Å². The topological polar surface area (TPSA) is 113 Å². The van der Waals surface area contributed by atoms with Crippen molar-refractivity contribution in [2.45, 2.75) is 76.4 Å². The number of rotatable bonds is 5. The van der Waals surface area contributed by atoms with E-state index in [0.29, 0.717) is 23.5 Å². The van der Waals surface area contributed by atoms with Gasteiger partial charge in [0.15, 0.2) is 17.5 Å². The zero-order chi connectivity index (χ0) is 28.9. The largest absolute Gasteiger partial charge is 0.493 e. The van der Waals surface area contributed by atoms with Crippen molar-refractivity contribution < 1.29 is 23.8 Å². The van der Waals surface area contributed by atoms with Gasteiger partial charge in [0, 0.05) is 42.6 Å². The van der Waals surface area contributed by atoms with E-state index in [1.54, 1.807) is 26.4 Å². The number of esters is 1. The van der Waals surface area contributed by atoms with Crippen molar-refractivity contribution in [1.82, 2.24) is 10.2 Å². The van der Waals surface area contributed by atoms with Crippen LogP contribution in [-0.2, 0) is 9.53 Å². The third kappa shape index (κ3) is 6.39. The van der Waals surface area contributed by atoms with E-state index in [1.165, 1.54) is 26.2 Å². The van der Waals surface area contributed by atoms with Crippen LogP contribution >= 0.6 is 0 Å². The van der Waals surface area contributed by atoms with Crippen LogP contribution in [0.25, 0.3) is 0 Å². The molecule has 0 radical (unpaired) electrons. The molecule has 3 unspecified atom stereocenters. The Kier molecular flexibility index (Phi) is 8.90. The molecule has 0 bridgehead atoms. The number of carbonyl (C=O) groups excluding carboxylic acids is 2. The van der Waals surface area contributed by atoms with Crippen molar-refractivity contribution in [3.63, 3.8) is 0 Å². The number of carbonyl (C=O) groups is 2. The number of fused-ring (bicyclic) bond motifs is 3. The van der Waals surface area contributed by atoms with Gasteiger partial charge in [0.2, 0.25) is 0 Å². The van der Waals surface area contributed by atoms with E-state index in [1.807, 2.05) is 29.2 Å². The fourth-order valence-corrected chi connectivity index (χ4v) is 6.33. The summed E-state index contributed by atoms with van der Waals surface area (Å²) in [5, 5.41) is 11.2. The quantitative estimate of drug-likeness (QED) is 0.301. The molecule has 2 heterocycles. The molecule has 3 aliphatic rings. The highest BCUT2D eigenvalue weighted by molar-refractivity contribution is 6.15. The first-order valence-electron chi connectivity index (χ1n) is 14.6. The smallest absolute Gasteiger partial charge is 0.302 e. The summed E-state index contributed by atoms with van der Waals surface area (Å²) >= 11 is 0. The molecule has 1 amide bonds. The van der Waals surface area contributed by atoms with Crippen LogP contribution in [0.5, 0.6) is 11.5 Å². The number of aliphatic imine (C=N–C) groups is 1. The third-order valence-electron chi connectivity index (χ3n) is 8.43. The molecule has 2 N–H and O–H groups in total. The summed E-state index contributed by atoms with van der Waals surface area (Å²) in [6.45, 7) is 3.05. The van der Waals surface area contributed by atoms with Crippen LogP contribution in [0.2, 0.25) is 0 Å². The van der Waals surface area contributed by atoms with Gasteiger partial charge in [0.25, 0.3) is 5.91 Å². The predicted molar refractivity (Wildman–Crippen MR) is 157 cm³/mol. The van der Waals surface area contributed by atoms with Crippen LogP contribution in [0.1, 0.15) is 91.3 Å². The summed E-state index contributed by atoms with van der Waals surface area (Å²) in [6.07, 6.45) is 7.79. The van der Waals surface area contributed by atoms with Crippen LogP contribution in [0.4, 0.5) is 0 Å². The fraction of sp³-hybridized carbons (Fsp3) is 0.500. The van der Waals surface area contributed by atoms with E-state index in [4.69, 9.17) is 24.6 Å². The number of ether oxygens (including phenoxy) is 3. The number of nitrogens with one attached hydrogen (secondary N) is 2. The number of methoxy groups -OCH3 is 2. The highest BCUT2D eigenvalue weighted by atomic mass is 16.5. The first kappa shape index (κ1) is 28.6. The van der Waals surface area contributed by atoms with Gasteiger partial charge in [-0.1, -0.05) is 31.4 Å².